The lowest BCUT2D eigenvalue weighted by Gasteiger charge is -2.21. The Kier molecular flexibility index (Phi) is 4.42. The van der Waals surface area contributed by atoms with Crippen LogP contribution in [0.1, 0.15) is 33.1 Å². The summed E-state index contributed by atoms with van der Waals surface area (Å²) < 4.78 is 26.7. The van der Waals surface area contributed by atoms with Gasteiger partial charge in [-0.25, -0.2) is 13.4 Å². The zero-order chi connectivity index (χ0) is 13.9. The van der Waals surface area contributed by atoms with Crippen molar-refractivity contribution in [1.29, 1.82) is 0 Å². The Bertz CT molecular complexity index is 509. The molecule has 0 bridgehead atoms. The highest BCUT2D eigenvalue weighted by Gasteiger charge is 2.37. The van der Waals surface area contributed by atoms with Crippen molar-refractivity contribution in [3.05, 3.63) is 18.3 Å². The molecule has 2 rings (SSSR count). The van der Waals surface area contributed by atoms with E-state index in [1.54, 1.807) is 16.4 Å². The lowest BCUT2D eigenvalue weighted by molar-refractivity contribution is 0.403. The van der Waals surface area contributed by atoms with Crippen LogP contribution in [0, 0.1) is 0 Å². The Morgan fingerprint density at radius 2 is 2.11 bits per heavy atom. The van der Waals surface area contributed by atoms with Crippen LogP contribution in [0.15, 0.2) is 23.2 Å². The minimum atomic E-state index is -3.39. The molecule has 106 valence electrons. The van der Waals surface area contributed by atoms with Crippen molar-refractivity contribution in [2.24, 2.45) is 0 Å². The van der Waals surface area contributed by atoms with Crippen molar-refractivity contribution in [2.45, 2.75) is 44.0 Å². The molecule has 1 aromatic heterocycles. The standard InChI is InChI=1S/C13H21N3O2S/c1-3-9-16(11-5-6-11)19(17,18)12-7-8-13(14-4-2)15-10-12/h7-8,10-11H,3-6,9H2,1-2H3,(H,14,15). The third-order valence-electron chi connectivity index (χ3n) is 3.10. The summed E-state index contributed by atoms with van der Waals surface area (Å²) >= 11 is 0. The molecular formula is C13H21N3O2S. The summed E-state index contributed by atoms with van der Waals surface area (Å²) in [5.74, 6) is 0.704. The molecule has 1 heterocycles. The van der Waals surface area contributed by atoms with Crippen molar-refractivity contribution in [3.63, 3.8) is 0 Å². The molecule has 0 spiro atoms. The quantitative estimate of drug-likeness (QED) is 0.832. The van der Waals surface area contributed by atoms with E-state index in [1.165, 1.54) is 6.20 Å². The van der Waals surface area contributed by atoms with Gasteiger partial charge in [0, 0.05) is 25.3 Å². The largest absolute Gasteiger partial charge is 0.370 e. The van der Waals surface area contributed by atoms with E-state index in [9.17, 15) is 8.42 Å². The lowest BCUT2D eigenvalue weighted by Crippen LogP contribution is -2.33. The molecule has 0 aromatic carbocycles. The third-order valence-corrected chi connectivity index (χ3v) is 5.03. The van der Waals surface area contributed by atoms with Crippen LogP contribution in [-0.2, 0) is 10.0 Å². The molecule has 0 unspecified atom stereocenters. The summed E-state index contributed by atoms with van der Waals surface area (Å²) in [5.41, 5.74) is 0. The van der Waals surface area contributed by atoms with E-state index in [1.807, 2.05) is 13.8 Å². The number of pyridine rings is 1. The molecule has 1 N–H and O–H groups in total. The average Bonchev–Trinajstić information content (AvgIpc) is 3.21. The van der Waals surface area contributed by atoms with E-state index in [0.29, 0.717) is 12.4 Å². The van der Waals surface area contributed by atoms with E-state index in [0.717, 1.165) is 25.8 Å². The summed E-state index contributed by atoms with van der Waals surface area (Å²) in [7, 11) is -3.39. The van der Waals surface area contributed by atoms with Crippen molar-refractivity contribution >= 4 is 15.8 Å². The van der Waals surface area contributed by atoms with Crippen LogP contribution in [0.5, 0.6) is 0 Å². The summed E-state index contributed by atoms with van der Waals surface area (Å²) in [5, 5.41) is 3.06. The van der Waals surface area contributed by atoms with E-state index >= 15 is 0 Å². The molecule has 6 heteroatoms. The smallest absolute Gasteiger partial charge is 0.244 e. The minimum Gasteiger partial charge on any atom is -0.370 e. The fourth-order valence-electron chi connectivity index (χ4n) is 2.04. The average molecular weight is 283 g/mol. The van der Waals surface area contributed by atoms with Crippen molar-refractivity contribution in [2.75, 3.05) is 18.4 Å². The van der Waals surface area contributed by atoms with Crippen LogP contribution in [0.4, 0.5) is 5.82 Å². The molecule has 1 aromatic rings. The van der Waals surface area contributed by atoms with Gasteiger partial charge in [-0.3, -0.25) is 0 Å². The number of anilines is 1. The number of rotatable bonds is 7. The molecule has 1 saturated carbocycles. The van der Waals surface area contributed by atoms with E-state index in [2.05, 4.69) is 10.3 Å². The molecule has 0 aliphatic heterocycles. The number of hydrogen-bond acceptors (Lipinski definition) is 4. The molecule has 5 nitrogen and oxygen atoms in total. The monoisotopic (exact) mass is 283 g/mol. The Morgan fingerprint density at radius 1 is 1.37 bits per heavy atom. The predicted octanol–water partition coefficient (Wildman–Crippen LogP) is 2.08. The minimum absolute atomic E-state index is 0.193. The highest BCUT2D eigenvalue weighted by Crippen LogP contribution is 2.32. The van der Waals surface area contributed by atoms with Gasteiger partial charge in [-0.05, 0) is 38.3 Å². The SMILES string of the molecule is CCCN(C1CC1)S(=O)(=O)c1ccc(NCC)nc1. The van der Waals surface area contributed by atoms with Crippen molar-refractivity contribution in [1.82, 2.24) is 9.29 Å². The molecule has 0 amide bonds. The van der Waals surface area contributed by atoms with Gasteiger partial charge >= 0.3 is 0 Å². The molecule has 0 atom stereocenters. The van der Waals surface area contributed by atoms with Gasteiger partial charge in [0.1, 0.15) is 10.7 Å². The van der Waals surface area contributed by atoms with Gasteiger partial charge in [0.2, 0.25) is 10.0 Å². The van der Waals surface area contributed by atoms with E-state index in [4.69, 9.17) is 0 Å². The van der Waals surface area contributed by atoms with Gasteiger partial charge < -0.3 is 5.32 Å². The molecule has 19 heavy (non-hydrogen) atoms. The third kappa shape index (κ3) is 3.25. The molecule has 1 fully saturated rings. The maximum absolute atomic E-state index is 12.5. The highest BCUT2D eigenvalue weighted by molar-refractivity contribution is 7.89. The Labute approximate surface area is 115 Å². The van der Waals surface area contributed by atoms with Crippen LogP contribution in [0.3, 0.4) is 0 Å². The summed E-state index contributed by atoms with van der Waals surface area (Å²) in [6, 6.07) is 3.54. The fourth-order valence-corrected chi connectivity index (χ4v) is 3.76. The van der Waals surface area contributed by atoms with Gasteiger partial charge in [-0.2, -0.15) is 4.31 Å². The van der Waals surface area contributed by atoms with Gasteiger partial charge in [0.15, 0.2) is 0 Å². The highest BCUT2D eigenvalue weighted by atomic mass is 32.2. The Balaban J connectivity index is 2.22. The molecule has 0 saturated heterocycles. The number of nitrogens with one attached hydrogen (secondary N) is 1. The topological polar surface area (TPSA) is 62.3 Å². The molecule has 1 aliphatic carbocycles. The normalized spacial score (nSPS) is 15.7. The maximum atomic E-state index is 12.5. The lowest BCUT2D eigenvalue weighted by atomic mass is 10.4. The van der Waals surface area contributed by atoms with Crippen molar-refractivity contribution < 1.29 is 8.42 Å². The van der Waals surface area contributed by atoms with Crippen LogP contribution in [0.25, 0.3) is 0 Å². The van der Waals surface area contributed by atoms with Gasteiger partial charge in [-0.15, -0.1) is 0 Å². The second kappa shape index (κ2) is 5.88. The van der Waals surface area contributed by atoms with Crippen LogP contribution >= 0.6 is 0 Å². The fraction of sp³-hybridized carbons (Fsp3) is 0.615. The van der Waals surface area contributed by atoms with Gasteiger partial charge in [0.25, 0.3) is 0 Å². The first-order valence-electron chi connectivity index (χ1n) is 6.81. The first-order valence-corrected chi connectivity index (χ1v) is 8.25. The van der Waals surface area contributed by atoms with Crippen LogP contribution in [-0.4, -0.2) is 36.8 Å². The number of aromatic nitrogens is 1. The Hall–Kier alpha value is -1.14. The summed E-state index contributed by atoms with van der Waals surface area (Å²) in [6.45, 7) is 5.32. The zero-order valence-corrected chi connectivity index (χ0v) is 12.3. The van der Waals surface area contributed by atoms with Gasteiger partial charge in [-0.1, -0.05) is 6.92 Å². The molecule has 1 aliphatic rings. The van der Waals surface area contributed by atoms with Crippen molar-refractivity contribution in [3.8, 4) is 0 Å². The Morgan fingerprint density at radius 3 is 2.58 bits per heavy atom. The zero-order valence-electron chi connectivity index (χ0n) is 11.5. The summed E-state index contributed by atoms with van der Waals surface area (Å²) in [4.78, 5) is 4.43. The second-order valence-corrected chi connectivity index (χ2v) is 6.65. The number of sulfonamides is 1. The van der Waals surface area contributed by atoms with Gasteiger partial charge in [0.05, 0.1) is 0 Å². The first kappa shape index (κ1) is 14.3. The molecule has 0 radical (unpaired) electrons. The van der Waals surface area contributed by atoms with Crippen LogP contribution < -0.4 is 5.32 Å². The molecular weight excluding hydrogens is 262 g/mol. The summed E-state index contributed by atoms with van der Waals surface area (Å²) in [6.07, 6.45) is 4.22. The maximum Gasteiger partial charge on any atom is 0.244 e. The predicted molar refractivity (Wildman–Crippen MR) is 75.6 cm³/mol. The number of nitrogens with zero attached hydrogens (tertiary/aromatic N) is 2. The van der Waals surface area contributed by atoms with Crippen LogP contribution in [0.2, 0.25) is 0 Å². The number of hydrogen-bond donors (Lipinski definition) is 1. The first-order chi connectivity index (χ1) is 9.09. The van der Waals surface area contributed by atoms with E-state index in [-0.39, 0.29) is 10.9 Å². The second-order valence-electron chi connectivity index (χ2n) is 4.76. The van der Waals surface area contributed by atoms with E-state index < -0.39 is 10.0 Å².